The molecule has 1 aliphatic rings. The zero-order chi connectivity index (χ0) is 14.9. The quantitative estimate of drug-likeness (QED) is 0.483. The van der Waals surface area contributed by atoms with Gasteiger partial charge in [0.1, 0.15) is 0 Å². The van der Waals surface area contributed by atoms with E-state index in [1.54, 1.807) is 6.07 Å². The predicted molar refractivity (Wildman–Crippen MR) is 78.3 cm³/mol. The predicted octanol–water partition coefficient (Wildman–Crippen LogP) is 3.28. The fourth-order valence-electron chi connectivity index (χ4n) is 3.05. The Morgan fingerprint density at radius 2 is 1.90 bits per heavy atom. The van der Waals surface area contributed by atoms with Gasteiger partial charge in [0.15, 0.2) is 5.78 Å². The second-order valence-electron chi connectivity index (χ2n) is 5.87. The largest absolute Gasteiger partial charge is 0.370 e. The molecule has 0 aromatic heterocycles. The van der Waals surface area contributed by atoms with Crippen LogP contribution in [0.5, 0.6) is 0 Å². The molecule has 2 rings (SSSR count). The van der Waals surface area contributed by atoms with E-state index in [2.05, 4.69) is 18.7 Å². The Morgan fingerprint density at radius 1 is 1.30 bits per heavy atom. The second-order valence-corrected chi connectivity index (χ2v) is 5.87. The SMILES string of the molecule is CC(=O)c1cc([N+](=O)[O-])ccc1N1CC(C)CC(C)C1. The molecule has 0 bridgehead atoms. The Labute approximate surface area is 118 Å². The highest BCUT2D eigenvalue weighted by atomic mass is 16.6. The molecule has 5 nitrogen and oxygen atoms in total. The van der Waals surface area contributed by atoms with Gasteiger partial charge in [0.2, 0.25) is 0 Å². The summed E-state index contributed by atoms with van der Waals surface area (Å²) >= 11 is 0. The lowest BCUT2D eigenvalue weighted by atomic mass is 9.91. The number of carbonyl (C=O) groups is 1. The fraction of sp³-hybridized carbons (Fsp3) is 0.533. The molecular formula is C15H20N2O3. The van der Waals surface area contributed by atoms with E-state index < -0.39 is 4.92 Å². The summed E-state index contributed by atoms with van der Waals surface area (Å²) in [5.74, 6) is 0.997. The zero-order valence-electron chi connectivity index (χ0n) is 12.1. The summed E-state index contributed by atoms with van der Waals surface area (Å²) in [6, 6.07) is 4.58. The summed E-state index contributed by atoms with van der Waals surface area (Å²) in [5, 5.41) is 10.8. The Bertz CT molecular complexity index is 532. The maximum atomic E-state index is 11.8. The summed E-state index contributed by atoms with van der Waals surface area (Å²) in [5.41, 5.74) is 1.24. The van der Waals surface area contributed by atoms with E-state index >= 15 is 0 Å². The average molecular weight is 276 g/mol. The van der Waals surface area contributed by atoms with Gasteiger partial charge in [0.25, 0.3) is 5.69 Å². The van der Waals surface area contributed by atoms with E-state index in [1.807, 2.05) is 0 Å². The van der Waals surface area contributed by atoms with Gasteiger partial charge in [-0.2, -0.15) is 0 Å². The van der Waals surface area contributed by atoms with Crippen molar-refractivity contribution in [3.05, 3.63) is 33.9 Å². The molecule has 1 fully saturated rings. The zero-order valence-corrected chi connectivity index (χ0v) is 12.1. The van der Waals surface area contributed by atoms with Crippen LogP contribution in [0.3, 0.4) is 0 Å². The number of benzene rings is 1. The van der Waals surface area contributed by atoms with Crippen molar-refractivity contribution in [2.45, 2.75) is 27.2 Å². The Kier molecular flexibility index (Phi) is 4.06. The number of piperidine rings is 1. The Hall–Kier alpha value is -1.91. The van der Waals surface area contributed by atoms with Crippen molar-refractivity contribution in [2.75, 3.05) is 18.0 Å². The number of nitrogens with zero attached hydrogens (tertiary/aromatic N) is 2. The highest BCUT2D eigenvalue weighted by Gasteiger charge is 2.25. The van der Waals surface area contributed by atoms with E-state index in [0.29, 0.717) is 17.4 Å². The summed E-state index contributed by atoms with van der Waals surface area (Å²) < 4.78 is 0. The van der Waals surface area contributed by atoms with Crippen LogP contribution in [0.4, 0.5) is 11.4 Å². The lowest BCUT2D eigenvalue weighted by Gasteiger charge is -2.37. The molecule has 1 aromatic rings. The lowest BCUT2D eigenvalue weighted by Crippen LogP contribution is -2.39. The van der Waals surface area contributed by atoms with Crippen LogP contribution in [0.25, 0.3) is 0 Å². The van der Waals surface area contributed by atoms with Gasteiger partial charge in [-0.1, -0.05) is 13.8 Å². The molecule has 0 N–H and O–H groups in total. The molecule has 1 heterocycles. The van der Waals surface area contributed by atoms with Crippen molar-refractivity contribution in [1.82, 2.24) is 0 Å². The van der Waals surface area contributed by atoms with E-state index in [4.69, 9.17) is 0 Å². The number of Topliss-reactive ketones (excluding diaryl/α,β-unsaturated/α-hetero) is 1. The number of hydrogen-bond acceptors (Lipinski definition) is 4. The first-order chi connectivity index (χ1) is 9.38. The number of hydrogen-bond donors (Lipinski definition) is 0. The third kappa shape index (κ3) is 2.98. The molecule has 2 unspecified atom stereocenters. The van der Waals surface area contributed by atoms with Gasteiger partial charge in [0, 0.05) is 36.5 Å². The van der Waals surface area contributed by atoms with Crippen LogP contribution in [0.2, 0.25) is 0 Å². The first kappa shape index (κ1) is 14.5. The van der Waals surface area contributed by atoms with Crippen LogP contribution >= 0.6 is 0 Å². The highest BCUT2D eigenvalue weighted by molar-refractivity contribution is 6.00. The first-order valence-corrected chi connectivity index (χ1v) is 6.92. The van der Waals surface area contributed by atoms with Gasteiger partial charge in [-0.15, -0.1) is 0 Å². The molecule has 1 aromatic carbocycles. The molecule has 0 amide bonds. The fourth-order valence-corrected chi connectivity index (χ4v) is 3.05. The molecular weight excluding hydrogens is 256 g/mol. The first-order valence-electron chi connectivity index (χ1n) is 6.92. The lowest BCUT2D eigenvalue weighted by molar-refractivity contribution is -0.384. The van der Waals surface area contributed by atoms with Crippen LogP contribution in [-0.2, 0) is 0 Å². The van der Waals surface area contributed by atoms with Crippen LogP contribution in [0.1, 0.15) is 37.6 Å². The third-order valence-electron chi connectivity index (χ3n) is 3.78. The number of nitro benzene ring substituents is 1. The van der Waals surface area contributed by atoms with Gasteiger partial charge in [-0.25, -0.2) is 0 Å². The number of non-ortho nitro benzene ring substituents is 1. The molecule has 0 radical (unpaired) electrons. The third-order valence-corrected chi connectivity index (χ3v) is 3.78. The second kappa shape index (κ2) is 5.61. The van der Waals surface area contributed by atoms with Crippen LogP contribution in [-0.4, -0.2) is 23.8 Å². The molecule has 2 atom stereocenters. The normalized spacial score (nSPS) is 22.6. The monoisotopic (exact) mass is 276 g/mol. The molecule has 5 heteroatoms. The Morgan fingerprint density at radius 3 is 2.40 bits per heavy atom. The van der Waals surface area contributed by atoms with Crippen molar-refractivity contribution in [3.8, 4) is 0 Å². The topological polar surface area (TPSA) is 63.4 Å². The number of nitro groups is 1. The molecule has 1 saturated heterocycles. The minimum absolute atomic E-state index is 0.0305. The van der Waals surface area contributed by atoms with Crippen LogP contribution in [0, 0.1) is 22.0 Å². The van der Waals surface area contributed by atoms with Crippen molar-refractivity contribution in [3.63, 3.8) is 0 Å². The van der Waals surface area contributed by atoms with Gasteiger partial charge in [-0.05, 0) is 31.2 Å². The molecule has 108 valence electrons. The molecule has 0 aliphatic carbocycles. The maximum Gasteiger partial charge on any atom is 0.270 e. The van der Waals surface area contributed by atoms with Gasteiger partial charge in [-0.3, -0.25) is 14.9 Å². The number of anilines is 1. The van der Waals surface area contributed by atoms with E-state index in [0.717, 1.165) is 18.8 Å². The van der Waals surface area contributed by atoms with Crippen LogP contribution in [0.15, 0.2) is 18.2 Å². The highest BCUT2D eigenvalue weighted by Crippen LogP contribution is 2.31. The van der Waals surface area contributed by atoms with E-state index in [1.165, 1.54) is 25.5 Å². The average Bonchev–Trinajstić information content (AvgIpc) is 2.36. The standard InChI is InChI=1S/C15H20N2O3/c1-10-6-11(2)9-16(8-10)15-5-4-13(17(19)20)7-14(15)12(3)18/h4-5,7,10-11H,6,8-9H2,1-3H3. The van der Waals surface area contributed by atoms with Gasteiger partial charge >= 0.3 is 0 Å². The molecule has 20 heavy (non-hydrogen) atoms. The van der Waals surface area contributed by atoms with Crippen molar-refractivity contribution >= 4 is 17.2 Å². The minimum Gasteiger partial charge on any atom is -0.370 e. The number of rotatable bonds is 3. The van der Waals surface area contributed by atoms with Gasteiger partial charge < -0.3 is 4.90 Å². The van der Waals surface area contributed by atoms with E-state index in [-0.39, 0.29) is 11.5 Å². The summed E-state index contributed by atoms with van der Waals surface area (Å²) in [6.07, 6.45) is 1.18. The summed E-state index contributed by atoms with van der Waals surface area (Å²) in [6.45, 7) is 7.63. The van der Waals surface area contributed by atoms with Crippen molar-refractivity contribution in [1.29, 1.82) is 0 Å². The number of ketones is 1. The minimum atomic E-state index is -0.461. The molecule has 0 spiro atoms. The number of carbonyl (C=O) groups excluding carboxylic acids is 1. The van der Waals surface area contributed by atoms with Crippen molar-refractivity contribution in [2.24, 2.45) is 11.8 Å². The maximum absolute atomic E-state index is 11.8. The summed E-state index contributed by atoms with van der Waals surface area (Å²) in [4.78, 5) is 24.4. The molecule has 1 aliphatic heterocycles. The van der Waals surface area contributed by atoms with Gasteiger partial charge in [0.05, 0.1) is 4.92 Å². The Balaban J connectivity index is 2.40. The smallest absolute Gasteiger partial charge is 0.270 e. The van der Waals surface area contributed by atoms with Crippen LogP contribution < -0.4 is 4.90 Å². The van der Waals surface area contributed by atoms with Crippen molar-refractivity contribution < 1.29 is 9.72 Å². The summed E-state index contributed by atoms with van der Waals surface area (Å²) in [7, 11) is 0. The van der Waals surface area contributed by atoms with E-state index in [9.17, 15) is 14.9 Å². The molecule has 0 saturated carbocycles.